The molecule has 1 rings (SSSR count). The zero-order chi connectivity index (χ0) is 15.8. The first-order valence-corrected chi connectivity index (χ1v) is 7.93. The maximum absolute atomic E-state index is 12.0. The van der Waals surface area contributed by atoms with Gasteiger partial charge in [-0.25, -0.2) is 0 Å². The molecule has 0 bridgehead atoms. The highest BCUT2D eigenvalue weighted by Crippen LogP contribution is 2.18. The van der Waals surface area contributed by atoms with Crippen LogP contribution in [0.3, 0.4) is 0 Å². The second-order valence-electron chi connectivity index (χ2n) is 6.29. The van der Waals surface area contributed by atoms with Gasteiger partial charge in [-0.15, -0.1) is 0 Å². The van der Waals surface area contributed by atoms with Crippen molar-refractivity contribution in [3.63, 3.8) is 0 Å². The molecule has 2 unspecified atom stereocenters. The lowest BCUT2D eigenvalue weighted by Gasteiger charge is -2.25. The second kappa shape index (κ2) is 8.83. The van der Waals surface area contributed by atoms with E-state index in [4.69, 9.17) is 0 Å². The summed E-state index contributed by atoms with van der Waals surface area (Å²) in [6, 6.07) is 8.75. The van der Waals surface area contributed by atoms with Gasteiger partial charge in [-0.05, 0) is 32.5 Å². The molecule has 0 aromatic heterocycles. The molecule has 1 N–H and O–H groups in total. The molecule has 21 heavy (non-hydrogen) atoms. The summed E-state index contributed by atoms with van der Waals surface area (Å²) in [4.78, 5) is 14.2. The molecule has 1 aromatic rings. The van der Waals surface area contributed by atoms with Crippen LogP contribution in [0.2, 0.25) is 0 Å². The first kappa shape index (κ1) is 17.7. The van der Waals surface area contributed by atoms with Crippen LogP contribution in [0.1, 0.15) is 50.3 Å². The molecule has 1 aromatic carbocycles. The number of benzene rings is 1. The van der Waals surface area contributed by atoms with E-state index in [1.165, 1.54) is 11.1 Å². The third-order valence-electron chi connectivity index (χ3n) is 3.89. The lowest BCUT2D eigenvalue weighted by Crippen LogP contribution is -2.35. The van der Waals surface area contributed by atoms with Gasteiger partial charge < -0.3 is 10.2 Å². The van der Waals surface area contributed by atoms with Crippen molar-refractivity contribution in [1.82, 2.24) is 10.2 Å². The Labute approximate surface area is 129 Å². The second-order valence-corrected chi connectivity index (χ2v) is 6.29. The molecule has 0 radical (unpaired) electrons. The van der Waals surface area contributed by atoms with E-state index in [9.17, 15) is 4.79 Å². The summed E-state index contributed by atoms with van der Waals surface area (Å²) in [5.41, 5.74) is 2.50. The average molecular weight is 290 g/mol. The zero-order valence-electron chi connectivity index (χ0n) is 14.1. The Morgan fingerprint density at radius 3 is 2.38 bits per heavy atom. The molecule has 0 saturated carbocycles. The summed E-state index contributed by atoms with van der Waals surface area (Å²) in [7, 11) is 4.10. The van der Waals surface area contributed by atoms with E-state index in [0.717, 1.165) is 12.8 Å². The molecule has 118 valence electrons. The monoisotopic (exact) mass is 290 g/mol. The lowest BCUT2D eigenvalue weighted by atomic mass is 10.0. The van der Waals surface area contributed by atoms with E-state index in [0.29, 0.717) is 18.9 Å². The van der Waals surface area contributed by atoms with Crippen molar-refractivity contribution in [2.24, 2.45) is 5.92 Å². The number of aryl methyl sites for hydroxylation is 1. The smallest absolute Gasteiger partial charge is 0.220 e. The fourth-order valence-corrected chi connectivity index (χ4v) is 2.58. The van der Waals surface area contributed by atoms with Crippen molar-refractivity contribution in [2.75, 3.05) is 20.6 Å². The Kier molecular flexibility index (Phi) is 7.44. The largest absolute Gasteiger partial charge is 0.354 e. The van der Waals surface area contributed by atoms with E-state index in [2.05, 4.69) is 69.3 Å². The number of hydrogen-bond donors (Lipinski definition) is 1. The van der Waals surface area contributed by atoms with Crippen molar-refractivity contribution in [1.29, 1.82) is 0 Å². The number of rotatable bonds is 8. The predicted octanol–water partition coefficient (Wildman–Crippen LogP) is 3.54. The van der Waals surface area contributed by atoms with Crippen molar-refractivity contribution < 1.29 is 4.79 Å². The fourth-order valence-electron chi connectivity index (χ4n) is 2.58. The van der Waals surface area contributed by atoms with Gasteiger partial charge in [-0.2, -0.15) is 0 Å². The summed E-state index contributed by atoms with van der Waals surface area (Å²) in [5.74, 6) is 0.627. The van der Waals surface area contributed by atoms with Crippen LogP contribution in [0, 0.1) is 12.8 Å². The number of hydrogen-bond acceptors (Lipinski definition) is 2. The molecule has 3 heteroatoms. The standard InChI is InChI=1S/C18H30N2O/c1-6-7-15(3)12-18(21)19-13-17(20(4)5)16-10-8-14(2)9-11-16/h8-11,15,17H,6-7,12-13H2,1-5H3,(H,19,21). The van der Waals surface area contributed by atoms with Gasteiger partial charge in [0.15, 0.2) is 0 Å². The normalized spacial score (nSPS) is 14.0. The van der Waals surface area contributed by atoms with Gasteiger partial charge in [0.1, 0.15) is 0 Å². The molecule has 2 atom stereocenters. The highest BCUT2D eigenvalue weighted by Gasteiger charge is 2.16. The minimum absolute atomic E-state index is 0.162. The first-order valence-electron chi connectivity index (χ1n) is 7.93. The maximum Gasteiger partial charge on any atom is 0.220 e. The Hall–Kier alpha value is -1.35. The molecule has 0 spiro atoms. The molecule has 0 aliphatic carbocycles. The molecule has 3 nitrogen and oxygen atoms in total. The van der Waals surface area contributed by atoms with Gasteiger partial charge in [0, 0.05) is 13.0 Å². The summed E-state index contributed by atoms with van der Waals surface area (Å²) in [6.45, 7) is 7.05. The predicted molar refractivity (Wildman–Crippen MR) is 89.3 cm³/mol. The van der Waals surface area contributed by atoms with Crippen molar-refractivity contribution >= 4 is 5.91 Å². The Morgan fingerprint density at radius 1 is 1.24 bits per heavy atom. The van der Waals surface area contributed by atoms with Crippen molar-refractivity contribution in [2.45, 2.75) is 46.1 Å². The van der Waals surface area contributed by atoms with Crippen LogP contribution < -0.4 is 5.32 Å². The van der Waals surface area contributed by atoms with Gasteiger partial charge >= 0.3 is 0 Å². The Morgan fingerprint density at radius 2 is 1.86 bits per heavy atom. The maximum atomic E-state index is 12.0. The third kappa shape index (κ3) is 6.30. The lowest BCUT2D eigenvalue weighted by molar-refractivity contribution is -0.122. The number of amides is 1. The number of carbonyl (C=O) groups is 1. The summed E-state index contributed by atoms with van der Waals surface area (Å²) >= 11 is 0. The molecule has 0 saturated heterocycles. The van der Waals surface area contributed by atoms with E-state index in [1.54, 1.807) is 0 Å². The molecule has 1 amide bonds. The number of nitrogens with one attached hydrogen (secondary N) is 1. The van der Waals surface area contributed by atoms with Gasteiger partial charge in [0.2, 0.25) is 5.91 Å². The SMILES string of the molecule is CCCC(C)CC(=O)NCC(c1ccc(C)cc1)N(C)C. The van der Waals surface area contributed by atoms with Gasteiger partial charge in [0.05, 0.1) is 6.04 Å². The first-order chi connectivity index (χ1) is 9.93. The highest BCUT2D eigenvalue weighted by molar-refractivity contribution is 5.76. The van der Waals surface area contributed by atoms with Gasteiger partial charge in [-0.1, -0.05) is 56.5 Å². The molecule has 0 fully saturated rings. The molecule has 0 aliphatic heterocycles. The average Bonchev–Trinajstić information content (AvgIpc) is 2.40. The van der Waals surface area contributed by atoms with Gasteiger partial charge in [-0.3, -0.25) is 4.79 Å². The fraction of sp³-hybridized carbons (Fsp3) is 0.611. The Bertz CT molecular complexity index is 425. The quantitative estimate of drug-likeness (QED) is 0.794. The molecular formula is C18H30N2O. The Balaban J connectivity index is 2.56. The van der Waals surface area contributed by atoms with Crippen LogP contribution in [0.4, 0.5) is 0 Å². The number of likely N-dealkylation sites (N-methyl/N-ethyl adjacent to an activating group) is 1. The van der Waals surface area contributed by atoms with Crippen molar-refractivity contribution in [3.8, 4) is 0 Å². The van der Waals surface area contributed by atoms with E-state index >= 15 is 0 Å². The van der Waals surface area contributed by atoms with Gasteiger partial charge in [0.25, 0.3) is 0 Å². The third-order valence-corrected chi connectivity index (χ3v) is 3.89. The summed E-state index contributed by atoms with van der Waals surface area (Å²) < 4.78 is 0. The molecule has 0 aliphatic rings. The minimum atomic E-state index is 0.162. The molecule has 0 heterocycles. The number of nitrogens with zero attached hydrogens (tertiary/aromatic N) is 1. The van der Waals surface area contributed by atoms with Crippen LogP contribution in [-0.4, -0.2) is 31.4 Å². The van der Waals surface area contributed by atoms with Crippen LogP contribution >= 0.6 is 0 Å². The number of carbonyl (C=O) groups excluding carboxylic acids is 1. The van der Waals surface area contributed by atoms with E-state index in [1.807, 2.05) is 0 Å². The summed E-state index contributed by atoms with van der Waals surface area (Å²) in [5, 5.41) is 3.09. The van der Waals surface area contributed by atoms with Crippen molar-refractivity contribution in [3.05, 3.63) is 35.4 Å². The van der Waals surface area contributed by atoms with Crippen LogP contribution in [0.5, 0.6) is 0 Å². The van der Waals surface area contributed by atoms with E-state index in [-0.39, 0.29) is 11.9 Å². The summed E-state index contributed by atoms with van der Waals surface area (Å²) in [6.07, 6.45) is 2.88. The highest BCUT2D eigenvalue weighted by atomic mass is 16.1. The van der Waals surface area contributed by atoms with Crippen LogP contribution in [-0.2, 0) is 4.79 Å². The van der Waals surface area contributed by atoms with Crippen LogP contribution in [0.15, 0.2) is 24.3 Å². The minimum Gasteiger partial charge on any atom is -0.354 e. The topological polar surface area (TPSA) is 32.3 Å². The van der Waals surface area contributed by atoms with Crippen LogP contribution in [0.25, 0.3) is 0 Å². The van der Waals surface area contributed by atoms with E-state index < -0.39 is 0 Å². The molecular weight excluding hydrogens is 260 g/mol. The zero-order valence-corrected chi connectivity index (χ0v) is 14.1.